The molecule has 1 aliphatic carbocycles. The molecule has 2 heteroatoms. The molecule has 0 heterocycles. The minimum absolute atomic E-state index is 0.924. The highest BCUT2D eigenvalue weighted by molar-refractivity contribution is 6.20. The van der Waals surface area contributed by atoms with E-state index in [0.29, 0.717) is 0 Å². The Bertz CT molecular complexity index is 1180. The summed E-state index contributed by atoms with van der Waals surface area (Å²) in [6, 6.07) is 29.1. The van der Waals surface area contributed by atoms with Crippen molar-refractivity contribution in [1.29, 1.82) is 0 Å². The van der Waals surface area contributed by atoms with E-state index in [1.807, 2.05) is 48.6 Å². The highest BCUT2D eigenvalue weighted by atomic mass is 14.8. The Morgan fingerprint density at radius 3 is 1.25 bits per heavy atom. The first-order chi connectivity index (χ1) is 13.9. The standard InChI is InChI=1S/C26H18N2/c1-3-11-23-19(7-1)9-5-13-25(23)27-21-15-17-22(18-16-21)28-26-14-6-10-20-8-2-4-12-24(20)26/h1-18H. The molecule has 132 valence electrons. The summed E-state index contributed by atoms with van der Waals surface area (Å²) in [4.78, 5) is 9.65. The Balaban J connectivity index is 1.47. The van der Waals surface area contributed by atoms with Gasteiger partial charge in [0, 0.05) is 10.8 Å². The Morgan fingerprint density at radius 1 is 0.393 bits per heavy atom. The number of benzene rings is 4. The fourth-order valence-electron chi connectivity index (χ4n) is 3.49. The Labute approximate surface area is 163 Å². The maximum atomic E-state index is 4.83. The number of rotatable bonds is 2. The van der Waals surface area contributed by atoms with Gasteiger partial charge in [0.2, 0.25) is 0 Å². The van der Waals surface area contributed by atoms with Gasteiger partial charge in [-0.05, 0) is 47.2 Å². The summed E-state index contributed by atoms with van der Waals surface area (Å²) in [6.45, 7) is 0. The first kappa shape index (κ1) is 16.4. The predicted molar refractivity (Wildman–Crippen MR) is 120 cm³/mol. The van der Waals surface area contributed by atoms with Crippen LogP contribution in [0.15, 0.2) is 119 Å². The number of aliphatic imine (C=N–C) groups is 2. The van der Waals surface area contributed by atoms with Crippen LogP contribution in [0.3, 0.4) is 0 Å². The molecule has 0 spiro atoms. The minimum Gasteiger partial charge on any atom is -0.248 e. The normalized spacial score (nSPS) is 13.3. The van der Waals surface area contributed by atoms with Crippen LogP contribution in [0, 0.1) is 0 Å². The van der Waals surface area contributed by atoms with Gasteiger partial charge in [-0.15, -0.1) is 0 Å². The molecule has 0 unspecified atom stereocenters. The lowest BCUT2D eigenvalue weighted by atomic mass is 10.1. The van der Waals surface area contributed by atoms with Gasteiger partial charge in [0.25, 0.3) is 0 Å². The largest absolute Gasteiger partial charge is 0.248 e. The molecule has 5 rings (SSSR count). The van der Waals surface area contributed by atoms with Crippen molar-refractivity contribution in [3.63, 3.8) is 0 Å². The molecule has 4 aromatic rings. The van der Waals surface area contributed by atoms with Gasteiger partial charge in [-0.2, -0.15) is 0 Å². The van der Waals surface area contributed by atoms with E-state index in [1.165, 1.54) is 10.8 Å². The zero-order valence-electron chi connectivity index (χ0n) is 15.3. The Morgan fingerprint density at radius 2 is 0.786 bits per heavy atom. The summed E-state index contributed by atoms with van der Waals surface area (Å²) in [7, 11) is 0. The smallest absolute Gasteiger partial charge is 0.0715 e. The highest BCUT2D eigenvalue weighted by Gasteiger charge is 2.04. The monoisotopic (exact) mass is 358 g/mol. The third-order valence-corrected chi connectivity index (χ3v) is 4.88. The van der Waals surface area contributed by atoms with E-state index in [-0.39, 0.29) is 0 Å². The first-order valence-corrected chi connectivity index (χ1v) is 9.36. The van der Waals surface area contributed by atoms with Crippen LogP contribution in [0.5, 0.6) is 0 Å². The highest BCUT2D eigenvalue weighted by Crippen LogP contribution is 2.27. The fourth-order valence-corrected chi connectivity index (χ4v) is 3.49. The molecule has 0 radical (unpaired) electrons. The quantitative estimate of drug-likeness (QED) is 0.346. The lowest BCUT2D eigenvalue weighted by Crippen LogP contribution is -1.99. The maximum Gasteiger partial charge on any atom is 0.0715 e. The third kappa shape index (κ3) is 3.17. The van der Waals surface area contributed by atoms with Crippen molar-refractivity contribution in [3.8, 4) is 0 Å². The summed E-state index contributed by atoms with van der Waals surface area (Å²) in [6.07, 6.45) is 8.08. The second kappa shape index (κ2) is 7.09. The summed E-state index contributed by atoms with van der Waals surface area (Å²) >= 11 is 0. The molecule has 2 nitrogen and oxygen atoms in total. The van der Waals surface area contributed by atoms with Crippen molar-refractivity contribution < 1.29 is 0 Å². The molecule has 0 saturated heterocycles. The van der Waals surface area contributed by atoms with Crippen LogP contribution >= 0.6 is 0 Å². The topological polar surface area (TPSA) is 24.7 Å². The van der Waals surface area contributed by atoms with Gasteiger partial charge in [0.1, 0.15) is 0 Å². The van der Waals surface area contributed by atoms with Crippen LogP contribution in [-0.2, 0) is 0 Å². The van der Waals surface area contributed by atoms with E-state index in [2.05, 4.69) is 60.7 Å². The molecule has 1 aliphatic rings. The molecule has 0 aromatic heterocycles. The molecule has 0 N–H and O–H groups in total. The van der Waals surface area contributed by atoms with Crippen LogP contribution in [0.4, 0.5) is 11.4 Å². The van der Waals surface area contributed by atoms with Gasteiger partial charge in [-0.25, -0.2) is 9.98 Å². The maximum absolute atomic E-state index is 4.83. The van der Waals surface area contributed by atoms with Gasteiger partial charge < -0.3 is 0 Å². The molecular formula is C26H18N2. The van der Waals surface area contributed by atoms with E-state index in [1.54, 1.807) is 0 Å². The summed E-state index contributed by atoms with van der Waals surface area (Å²) in [5.41, 5.74) is 3.81. The van der Waals surface area contributed by atoms with E-state index in [9.17, 15) is 0 Å². The van der Waals surface area contributed by atoms with Crippen molar-refractivity contribution >= 4 is 44.3 Å². The van der Waals surface area contributed by atoms with Crippen molar-refractivity contribution in [1.82, 2.24) is 0 Å². The number of hydrogen-bond acceptors (Lipinski definition) is 2. The SMILES string of the molecule is C1=CC(=Nc2cccc3ccccc23)C=CC1=Nc1cccc2ccccc12. The van der Waals surface area contributed by atoms with Crippen molar-refractivity contribution in [2.75, 3.05) is 0 Å². The Kier molecular flexibility index (Phi) is 4.15. The van der Waals surface area contributed by atoms with Gasteiger partial charge in [0.15, 0.2) is 0 Å². The van der Waals surface area contributed by atoms with Crippen molar-refractivity contribution in [2.24, 2.45) is 9.98 Å². The van der Waals surface area contributed by atoms with Crippen LogP contribution in [0.1, 0.15) is 0 Å². The lowest BCUT2D eigenvalue weighted by molar-refractivity contribution is 1.54. The summed E-state index contributed by atoms with van der Waals surface area (Å²) in [5, 5.41) is 4.72. The Hall–Kier alpha value is -3.78. The molecule has 28 heavy (non-hydrogen) atoms. The minimum atomic E-state index is 0.924. The molecular weight excluding hydrogens is 340 g/mol. The van der Waals surface area contributed by atoms with E-state index >= 15 is 0 Å². The zero-order chi connectivity index (χ0) is 18.8. The number of nitrogens with zero attached hydrogens (tertiary/aromatic N) is 2. The van der Waals surface area contributed by atoms with Crippen molar-refractivity contribution in [2.45, 2.75) is 0 Å². The molecule has 0 bridgehead atoms. The lowest BCUT2D eigenvalue weighted by Gasteiger charge is -2.06. The average molecular weight is 358 g/mol. The molecule has 0 fully saturated rings. The molecule has 0 saturated carbocycles. The van der Waals surface area contributed by atoms with Gasteiger partial charge in [-0.3, -0.25) is 0 Å². The van der Waals surface area contributed by atoms with Gasteiger partial charge in [0.05, 0.1) is 22.8 Å². The van der Waals surface area contributed by atoms with Crippen LogP contribution < -0.4 is 0 Å². The van der Waals surface area contributed by atoms with Gasteiger partial charge in [-0.1, -0.05) is 72.8 Å². The van der Waals surface area contributed by atoms with Crippen LogP contribution in [-0.4, -0.2) is 11.4 Å². The van der Waals surface area contributed by atoms with E-state index in [0.717, 1.165) is 33.6 Å². The number of fused-ring (bicyclic) bond motifs is 2. The molecule has 4 aromatic carbocycles. The van der Waals surface area contributed by atoms with Crippen molar-refractivity contribution in [3.05, 3.63) is 109 Å². The third-order valence-electron chi connectivity index (χ3n) is 4.88. The zero-order valence-corrected chi connectivity index (χ0v) is 15.3. The average Bonchev–Trinajstić information content (AvgIpc) is 2.76. The summed E-state index contributed by atoms with van der Waals surface area (Å²) < 4.78 is 0. The predicted octanol–water partition coefficient (Wildman–Crippen LogP) is 6.96. The second-order valence-electron chi connectivity index (χ2n) is 6.74. The molecule has 0 aliphatic heterocycles. The fraction of sp³-hybridized carbons (Fsp3) is 0. The van der Waals surface area contributed by atoms with Gasteiger partial charge >= 0.3 is 0 Å². The number of hydrogen-bond donors (Lipinski definition) is 0. The summed E-state index contributed by atoms with van der Waals surface area (Å²) in [5.74, 6) is 0. The van der Waals surface area contributed by atoms with E-state index in [4.69, 9.17) is 9.98 Å². The van der Waals surface area contributed by atoms with Crippen LogP contribution in [0.2, 0.25) is 0 Å². The first-order valence-electron chi connectivity index (χ1n) is 9.36. The number of allylic oxidation sites excluding steroid dienone is 4. The van der Waals surface area contributed by atoms with Crippen LogP contribution in [0.25, 0.3) is 21.5 Å². The molecule has 0 amide bonds. The van der Waals surface area contributed by atoms with E-state index < -0.39 is 0 Å². The second-order valence-corrected chi connectivity index (χ2v) is 6.74. The molecule has 0 atom stereocenters.